The third-order valence-electron chi connectivity index (χ3n) is 2.35. The Bertz CT molecular complexity index is 108. The highest BCUT2D eigenvalue weighted by atomic mass is 16.1. The summed E-state index contributed by atoms with van der Waals surface area (Å²) >= 11 is 0. The van der Waals surface area contributed by atoms with Crippen molar-refractivity contribution in [1.29, 1.82) is 0 Å². The van der Waals surface area contributed by atoms with Crippen LogP contribution in [0.15, 0.2) is 0 Å². The third kappa shape index (κ3) is 3.51. The van der Waals surface area contributed by atoms with Gasteiger partial charge in [-0.15, -0.1) is 0 Å². The molecule has 0 atom stereocenters. The molecule has 0 spiro atoms. The van der Waals surface area contributed by atoms with Crippen molar-refractivity contribution < 1.29 is 4.79 Å². The lowest BCUT2D eigenvalue weighted by Gasteiger charge is -2.21. The Morgan fingerprint density at radius 2 is 2.00 bits per heavy atom. The van der Waals surface area contributed by atoms with Crippen molar-refractivity contribution >= 4 is 6.29 Å². The molecule has 63 valence electrons. The molecule has 1 saturated carbocycles. The predicted octanol–water partition coefficient (Wildman–Crippen LogP) is 1.27. The molecule has 0 saturated heterocycles. The molecule has 1 radical (unpaired) electrons. The lowest BCUT2D eigenvalue weighted by atomic mass is 9.89. The molecule has 1 aliphatic carbocycles. The quantitative estimate of drug-likeness (QED) is 0.618. The van der Waals surface area contributed by atoms with Crippen LogP contribution in [-0.4, -0.2) is 19.4 Å². The zero-order valence-electron chi connectivity index (χ0n) is 6.94. The maximum atomic E-state index is 9.86. The molecule has 0 amide bonds. The van der Waals surface area contributed by atoms with Crippen LogP contribution >= 0.6 is 0 Å². The van der Waals surface area contributed by atoms with Gasteiger partial charge in [-0.2, -0.15) is 0 Å². The maximum absolute atomic E-state index is 9.86. The van der Waals surface area contributed by atoms with Crippen LogP contribution in [0.25, 0.3) is 0 Å². The van der Waals surface area contributed by atoms with Gasteiger partial charge in [-0.05, 0) is 25.3 Å². The number of nitrogens with one attached hydrogen (secondary N) is 1. The summed E-state index contributed by atoms with van der Waals surface area (Å²) in [5.74, 6) is 0.817. The largest absolute Gasteiger partial charge is 0.309 e. The first-order valence-corrected chi connectivity index (χ1v) is 4.49. The van der Waals surface area contributed by atoms with Crippen LogP contribution in [0.5, 0.6) is 0 Å². The molecule has 0 aromatic rings. The lowest BCUT2D eigenvalue weighted by Crippen LogP contribution is -2.25. The standard InChI is InChI=1S/C9H16NO/c11-7-6-10-8-9-4-2-1-3-5-9/h9-10H,1-6,8H2. The highest BCUT2D eigenvalue weighted by molar-refractivity contribution is 5.52. The summed E-state index contributed by atoms with van der Waals surface area (Å²) in [6.45, 7) is 1.41. The SMILES string of the molecule is O=[C]CNCC1CCCCC1. The zero-order valence-corrected chi connectivity index (χ0v) is 6.94. The molecule has 1 fully saturated rings. The average molecular weight is 154 g/mol. The van der Waals surface area contributed by atoms with E-state index in [1.807, 2.05) is 6.29 Å². The van der Waals surface area contributed by atoms with Gasteiger partial charge in [0.1, 0.15) is 0 Å². The Morgan fingerprint density at radius 3 is 2.64 bits per heavy atom. The topological polar surface area (TPSA) is 29.1 Å². The van der Waals surface area contributed by atoms with Crippen LogP contribution in [-0.2, 0) is 4.79 Å². The molecule has 1 aliphatic rings. The minimum absolute atomic E-state index is 0.399. The van der Waals surface area contributed by atoms with E-state index in [9.17, 15) is 4.79 Å². The highest BCUT2D eigenvalue weighted by Crippen LogP contribution is 2.22. The summed E-state index contributed by atoms with van der Waals surface area (Å²) in [6, 6.07) is 0. The Labute approximate surface area is 68.4 Å². The average Bonchev–Trinajstić information content (AvgIpc) is 2.07. The smallest absolute Gasteiger partial charge is 0.213 e. The second-order valence-corrected chi connectivity index (χ2v) is 3.28. The Kier molecular flexibility index (Phi) is 4.21. The summed E-state index contributed by atoms with van der Waals surface area (Å²) in [7, 11) is 0. The molecule has 11 heavy (non-hydrogen) atoms. The van der Waals surface area contributed by atoms with Gasteiger partial charge in [0, 0.05) is 0 Å². The van der Waals surface area contributed by atoms with Crippen LogP contribution in [0.4, 0.5) is 0 Å². The molecule has 2 nitrogen and oxygen atoms in total. The molecular formula is C9H16NO. The van der Waals surface area contributed by atoms with Crippen molar-refractivity contribution in [3.8, 4) is 0 Å². The Morgan fingerprint density at radius 1 is 1.27 bits per heavy atom. The van der Waals surface area contributed by atoms with E-state index in [0.29, 0.717) is 6.54 Å². The van der Waals surface area contributed by atoms with Gasteiger partial charge < -0.3 is 5.32 Å². The molecule has 0 aliphatic heterocycles. The first-order valence-electron chi connectivity index (χ1n) is 4.49. The second-order valence-electron chi connectivity index (χ2n) is 3.28. The highest BCUT2D eigenvalue weighted by Gasteiger charge is 2.11. The lowest BCUT2D eigenvalue weighted by molar-refractivity contribution is 0.347. The molecule has 0 aromatic carbocycles. The zero-order chi connectivity index (χ0) is 7.94. The van der Waals surface area contributed by atoms with Gasteiger partial charge >= 0.3 is 0 Å². The number of carbonyl (C=O) groups excluding carboxylic acids is 1. The van der Waals surface area contributed by atoms with E-state index in [2.05, 4.69) is 5.32 Å². The third-order valence-corrected chi connectivity index (χ3v) is 2.35. The van der Waals surface area contributed by atoms with Crippen LogP contribution in [0.1, 0.15) is 32.1 Å². The predicted molar refractivity (Wildman–Crippen MR) is 45.1 cm³/mol. The molecule has 2 heteroatoms. The molecule has 1 N–H and O–H groups in total. The minimum Gasteiger partial charge on any atom is -0.309 e. The van der Waals surface area contributed by atoms with Crippen molar-refractivity contribution in [3.63, 3.8) is 0 Å². The Balaban J connectivity index is 2.00. The van der Waals surface area contributed by atoms with Crippen molar-refractivity contribution in [2.75, 3.05) is 13.1 Å². The van der Waals surface area contributed by atoms with Crippen molar-refractivity contribution in [1.82, 2.24) is 5.32 Å². The van der Waals surface area contributed by atoms with Gasteiger partial charge in [-0.3, -0.25) is 4.79 Å². The summed E-state index contributed by atoms with van der Waals surface area (Å²) in [5.41, 5.74) is 0. The minimum atomic E-state index is 0.399. The van der Waals surface area contributed by atoms with E-state index in [1.54, 1.807) is 0 Å². The van der Waals surface area contributed by atoms with Crippen LogP contribution < -0.4 is 5.32 Å². The van der Waals surface area contributed by atoms with Gasteiger partial charge in [0.15, 0.2) is 0 Å². The first-order chi connectivity index (χ1) is 5.43. The van der Waals surface area contributed by atoms with Gasteiger partial charge in [0.2, 0.25) is 6.29 Å². The summed E-state index contributed by atoms with van der Waals surface area (Å²) in [6.07, 6.45) is 8.67. The van der Waals surface area contributed by atoms with Crippen molar-refractivity contribution in [2.45, 2.75) is 32.1 Å². The van der Waals surface area contributed by atoms with Gasteiger partial charge in [0.25, 0.3) is 0 Å². The van der Waals surface area contributed by atoms with Crippen LogP contribution in [0.2, 0.25) is 0 Å². The van der Waals surface area contributed by atoms with Crippen molar-refractivity contribution in [2.24, 2.45) is 5.92 Å². The van der Waals surface area contributed by atoms with Crippen LogP contribution in [0.3, 0.4) is 0 Å². The number of rotatable bonds is 4. The van der Waals surface area contributed by atoms with Gasteiger partial charge in [-0.25, -0.2) is 0 Å². The number of hydrogen-bond acceptors (Lipinski definition) is 2. The van der Waals surface area contributed by atoms with E-state index in [0.717, 1.165) is 12.5 Å². The second kappa shape index (κ2) is 5.30. The van der Waals surface area contributed by atoms with Crippen LogP contribution in [0, 0.1) is 5.92 Å². The van der Waals surface area contributed by atoms with E-state index in [4.69, 9.17) is 0 Å². The van der Waals surface area contributed by atoms with E-state index >= 15 is 0 Å². The van der Waals surface area contributed by atoms with Gasteiger partial charge in [-0.1, -0.05) is 19.3 Å². The van der Waals surface area contributed by atoms with E-state index in [1.165, 1.54) is 32.1 Å². The summed E-state index contributed by atoms with van der Waals surface area (Å²) in [5, 5.41) is 3.08. The summed E-state index contributed by atoms with van der Waals surface area (Å²) in [4.78, 5) is 9.86. The molecule has 0 heterocycles. The normalized spacial score (nSPS) is 20.0. The first kappa shape index (κ1) is 8.72. The number of hydrogen-bond donors (Lipinski definition) is 1. The van der Waals surface area contributed by atoms with E-state index in [-0.39, 0.29) is 0 Å². The molecule has 0 unspecified atom stereocenters. The monoisotopic (exact) mass is 154 g/mol. The van der Waals surface area contributed by atoms with E-state index < -0.39 is 0 Å². The Hall–Kier alpha value is -0.370. The fourth-order valence-electron chi connectivity index (χ4n) is 1.72. The molecular weight excluding hydrogens is 138 g/mol. The van der Waals surface area contributed by atoms with Crippen molar-refractivity contribution in [3.05, 3.63) is 0 Å². The molecule has 1 rings (SSSR count). The fourth-order valence-corrected chi connectivity index (χ4v) is 1.72. The molecule has 0 aromatic heterocycles. The maximum Gasteiger partial charge on any atom is 0.213 e. The summed E-state index contributed by atoms with van der Waals surface area (Å²) < 4.78 is 0. The fraction of sp³-hybridized carbons (Fsp3) is 0.889. The molecule has 0 bridgehead atoms. The van der Waals surface area contributed by atoms with Gasteiger partial charge in [0.05, 0.1) is 6.54 Å².